The Morgan fingerprint density at radius 2 is 2.14 bits per heavy atom. The Labute approximate surface area is 125 Å². The summed E-state index contributed by atoms with van der Waals surface area (Å²) in [7, 11) is 0. The van der Waals surface area contributed by atoms with Crippen molar-refractivity contribution in [3.8, 4) is 0 Å². The summed E-state index contributed by atoms with van der Waals surface area (Å²) in [5, 5.41) is 2.89. The molecule has 0 aliphatic carbocycles. The van der Waals surface area contributed by atoms with Gasteiger partial charge in [0.1, 0.15) is 12.4 Å². The van der Waals surface area contributed by atoms with Gasteiger partial charge in [-0.15, -0.1) is 0 Å². The second-order valence-corrected chi connectivity index (χ2v) is 5.11. The second-order valence-electron chi connectivity index (χ2n) is 4.34. The van der Waals surface area contributed by atoms with Crippen molar-refractivity contribution in [3.63, 3.8) is 0 Å². The van der Waals surface area contributed by atoms with Crippen molar-refractivity contribution in [1.29, 1.82) is 0 Å². The minimum atomic E-state index is -0.523. The maximum atomic E-state index is 13.5. The first-order chi connectivity index (χ1) is 10.0. The zero-order valence-corrected chi connectivity index (χ0v) is 12.4. The number of benzene rings is 1. The SMILES string of the molecule is CSc1nc(C)cc(=O)n1CC(=O)Nc1ccccc1F. The average molecular weight is 307 g/mol. The zero-order valence-electron chi connectivity index (χ0n) is 11.6. The molecule has 0 unspecified atom stereocenters. The van der Waals surface area contributed by atoms with E-state index in [1.54, 1.807) is 19.2 Å². The van der Waals surface area contributed by atoms with Gasteiger partial charge >= 0.3 is 0 Å². The largest absolute Gasteiger partial charge is 0.322 e. The van der Waals surface area contributed by atoms with Gasteiger partial charge in [-0.05, 0) is 25.3 Å². The molecule has 1 N–H and O–H groups in total. The molecule has 0 aliphatic rings. The lowest BCUT2D eigenvalue weighted by Crippen LogP contribution is -2.29. The van der Waals surface area contributed by atoms with Crippen molar-refractivity contribution >= 4 is 23.4 Å². The molecule has 2 aromatic rings. The Hall–Kier alpha value is -2.15. The van der Waals surface area contributed by atoms with Gasteiger partial charge in [-0.25, -0.2) is 9.37 Å². The number of hydrogen-bond acceptors (Lipinski definition) is 4. The number of aromatic nitrogens is 2. The van der Waals surface area contributed by atoms with E-state index in [4.69, 9.17) is 0 Å². The highest BCUT2D eigenvalue weighted by Crippen LogP contribution is 2.13. The van der Waals surface area contributed by atoms with Crippen molar-refractivity contribution in [3.05, 3.63) is 52.2 Å². The molecular formula is C14H14FN3O2S. The third kappa shape index (κ3) is 3.69. The minimum absolute atomic E-state index is 0.0846. The fraction of sp³-hybridized carbons (Fsp3) is 0.214. The molecule has 0 saturated carbocycles. The van der Waals surface area contributed by atoms with Gasteiger partial charge in [0.05, 0.1) is 5.69 Å². The van der Waals surface area contributed by atoms with E-state index in [0.717, 1.165) is 0 Å². The Morgan fingerprint density at radius 3 is 2.81 bits per heavy atom. The van der Waals surface area contributed by atoms with Gasteiger partial charge in [-0.1, -0.05) is 23.9 Å². The van der Waals surface area contributed by atoms with Crippen LogP contribution in [-0.4, -0.2) is 21.7 Å². The molecule has 5 nitrogen and oxygen atoms in total. The van der Waals surface area contributed by atoms with Gasteiger partial charge in [-0.2, -0.15) is 0 Å². The first kappa shape index (κ1) is 15.2. The van der Waals surface area contributed by atoms with E-state index in [1.165, 1.54) is 40.6 Å². The van der Waals surface area contributed by atoms with Crippen molar-refractivity contribution < 1.29 is 9.18 Å². The summed E-state index contributed by atoms with van der Waals surface area (Å²) >= 11 is 1.27. The molecule has 1 amide bonds. The summed E-state index contributed by atoms with van der Waals surface area (Å²) in [6.07, 6.45) is 1.77. The molecule has 110 valence electrons. The molecule has 0 atom stereocenters. The smallest absolute Gasteiger partial charge is 0.254 e. The minimum Gasteiger partial charge on any atom is -0.322 e. The van der Waals surface area contributed by atoms with E-state index >= 15 is 0 Å². The first-order valence-electron chi connectivity index (χ1n) is 6.18. The summed E-state index contributed by atoms with van der Waals surface area (Å²) in [6.45, 7) is 1.50. The molecule has 0 aliphatic heterocycles. The summed E-state index contributed by atoms with van der Waals surface area (Å²) < 4.78 is 14.7. The maximum Gasteiger partial charge on any atom is 0.254 e. The van der Waals surface area contributed by atoms with Crippen molar-refractivity contribution in [1.82, 2.24) is 9.55 Å². The second kappa shape index (κ2) is 6.53. The van der Waals surface area contributed by atoms with Crippen molar-refractivity contribution in [2.45, 2.75) is 18.6 Å². The molecule has 7 heteroatoms. The highest BCUT2D eigenvalue weighted by Gasteiger charge is 2.12. The number of hydrogen-bond donors (Lipinski definition) is 1. The van der Waals surface area contributed by atoms with Crippen molar-refractivity contribution in [2.24, 2.45) is 0 Å². The Morgan fingerprint density at radius 1 is 1.43 bits per heavy atom. The third-order valence-electron chi connectivity index (χ3n) is 2.73. The standard InChI is InChI=1S/C14H14FN3O2S/c1-9-7-13(20)18(14(16-9)21-2)8-12(19)17-11-6-4-3-5-10(11)15/h3-7H,8H2,1-2H3,(H,17,19). The summed E-state index contributed by atoms with van der Waals surface area (Å²) in [4.78, 5) is 28.1. The van der Waals surface area contributed by atoms with Gasteiger partial charge in [-0.3, -0.25) is 14.2 Å². The number of nitrogens with zero attached hydrogens (tertiary/aromatic N) is 2. The van der Waals surface area contributed by atoms with Crippen molar-refractivity contribution in [2.75, 3.05) is 11.6 Å². The number of thioether (sulfide) groups is 1. The molecule has 1 aromatic carbocycles. The molecule has 0 fully saturated rings. The van der Waals surface area contributed by atoms with E-state index < -0.39 is 11.7 Å². The number of carbonyl (C=O) groups excluding carboxylic acids is 1. The number of anilines is 1. The van der Waals surface area contributed by atoms with Crippen LogP contribution in [0.1, 0.15) is 5.69 Å². The zero-order chi connectivity index (χ0) is 15.4. The number of nitrogens with one attached hydrogen (secondary N) is 1. The summed E-state index contributed by atoms with van der Waals surface area (Å²) in [6, 6.07) is 7.22. The third-order valence-corrected chi connectivity index (χ3v) is 3.41. The number of para-hydroxylation sites is 1. The lowest BCUT2D eigenvalue weighted by molar-refractivity contribution is -0.117. The lowest BCUT2D eigenvalue weighted by Gasteiger charge is -2.11. The number of rotatable bonds is 4. The maximum absolute atomic E-state index is 13.5. The topological polar surface area (TPSA) is 64.0 Å². The molecule has 1 aromatic heterocycles. The van der Waals surface area contributed by atoms with Crippen LogP contribution in [-0.2, 0) is 11.3 Å². The van der Waals surface area contributed by atoms with Crippen LogP contribution in [0.25, 0.3) is 0 Å². The molecule has 0 radical (unpaired) electrons. The molecule has 1 heterocycles. The van der Waals surface area contributed by atoms with Gasteiger partial charge < -0.3 is 5.32 Å². The van der Waals surface area contributed by atoms with Crippen LogP contribution in [0.5, 0.6) is 0 Å². The number of amides is 1. The van der Waals surface area contributed by atoms with Gasteiger partial charge in [0, 0.05) is 11.8 Å². The van der Waals surface area contributed by atoms with Crippen LogP contribution >= 0.6 is 11.8 Å². The van der Waals surface area contributed by atoms with Crippen LogP contribution in [0.15, 0.2) is 40.3 Å². The quantitative estimate of drug-likeness (QED) is 0.693. The molecule has 0 bridgehead atoms. The number of aryl methyl sites for hydroxylation is 1. The van der Waals surface area contributed by atoms with Crippen LogP contribution in [0.3, 0.4) is 0 Å². The monoisotopic (exact) mass is 307 g/mol. The number of halogens is 1. The molecule has 21 heavy (non-hydrogen) atoms. The molecule has 0 spiro atoms. The van der Waals surface area contributed by atoms with Crippen LogP contribution in [0.4, 0.5) is 10.1 Å². The summed E-state index contributed by atoms with van der Waals surface area (Å²) in [5.74, 6) is -1.01. The predicted molar refractivity (Wildman–Crippen MR) is 80.0 cm³/mol. The lowest BCUT2D eigenvalue weighted by atomic mass is 10.3. The van der Waals surface area contributed by atoms with E-state index in [0.29, 0.717) is 10.9 Å². The van der Waals surface area contributed by atoms with Gasteiger partial charge in [0.2, 0.25) is 5.91 Å². The fourth-order valence-electron chi connectivity index (χ4n) is 1.79. The highest BCUT2D eigenvalue weighted by atomic mass is 32.2. The highest BCUT2D eigenvalue weighted by molar-refractivity contribution is 7.98. The normalized spacial score (nSPS) is 10.4. The van der Waals surface area contributed by atoms with E-state index in [-0.39, 0.29) is 17.8 Å². The summed E-state index contributed by atoms with van der Waals surface area (Å²) in [5.41, 5.74) is 0.368. The Kier molecular flexibility index (Phi) is 4.74. The average Bonchev–Trinajstić information content (AvgIpc) is 2.44. The van der Waals surface area contributed by atoms with Crippen LogP contribution in [0.2, 0.25) is 0 Å². The van der Waals surface area contributed by atoms with E-state index in [1.807, 2.05) is 0 Å². The Bertz CT molecular complexity index is 730. The fourth-order valence-corrected chi connectivity index (χ4v) is 2.40. The van der Waals surface area contributed by atoms with Crippen LogP contribution < -0.4 is 10.9 Å². The molecular weight excluding hydrogens is 293 g/mol. The number of carbonyl (C=O) groups is 1. The van der Waals surface area contributed by atoms with Gasteiger partial charge in [0.25, 0.3) is 5.56 Å². The van der Waals surface area contributed by atoms with E-state index in [2.05, 4.69) is 10.3 Å². The molecule has 0 saturated heterocycles. The predicted octanol–water partition coefficient (Wildman–Crippen LogP) is 2.05. The first-order valence-corrected chi connectivity index (χ1v) is 7.40. The van der Waals surface area contributed by atoms with Crippen LogP contribution in [0, 0.1) is 12.7 Å². The molecule has 2 rings (SSSR count). The Balaban J connectivity index is 2.21. The van der Waals surface area contributed by atoms with Gasteiger partial charge in [0.15, 0.2) is 5.16 Å². The van der Waals surface area contributed by atoms with E-state index in [9.17, 15) is 14.0 Å².